The number of nitrogens with two attached hydrogens (primary N) is 1. The van der Waals surface area contributed by atoms with E-state index in [1.807, 2.05) is 12.1 Å². The number of aliphatic hydroxyl groups excluding tert-OH is 1. The first kappa shape index (κ1) is 12.3. The molecule has 6 nitrogen and oxygen atoms in total. The van der Waals surface area contributed by atoms with E-state index < -0.39 is 12.3 Å². The number of aliphatic hydroxyl groups is 1. The van der Waals surface area contributed by atoms with Gasteiger partial charge in [0.05, 0.1) is 12.3 Å². The van der Waals surface area contributed by atoms with Gasteiger partial charge in [0.25, 0.3) is 0 Å². The van der Waals surface area contributed by atoms with Crippen LogP contribution < -0.4 is 5.73 Å². The summed E-state index contributed by atoms with van der Waals surface area (Å²) in [6.07, 6.45) is 2.20. The van der Waals surface area contributed by atoms with Crippen molar-refractivity contribution in [1.82, 2.24) is 14.6 Å². The van der Waals surface area contributed by atoms with Gasteiger partial charge in [0.15, 0.2) is 5.82 Å². The van der Waals surface area contributed by atoms with E-state index in [4.69, 9.17) is 10.5 Å². The number of halogens is 1. The molecule has 3 heterocycles. The molecule has 0 aliphatic carbocycles. The summed E-state index contributed by atoms with van der Waals surface area (Å²) in [4.78, 5) is 3.91. The molecule has 1 saturated heterocycles. The third-order valence-corrected chi connectivity index (χ3v) is 3.63. The summed E-state index contributed by atoms with van der Waals surface area (Å²) in [5.41, 5.74) is 6.18. The van der Waals surface area contributed by atoms with Crippen LogP contribution >= 0.6 is 0 Å². The lowest BCUT2D eigenvalue weighted by atomic mass is 10.0. The number of hydrogen-bond donors (Lipinski definition) is 2. The number of ether oxygens (including phenoxy) is 1. The maximum Gasteiger partial charge on any atom is 0.151 e. The number of fused-ring (bicyclic) bond motifs is 1. The highest BCUT2D eigenvalue weighted by Gasteiger charge is 2.41. The van der Waals surface area contributed by atoms with Crippen molar-refractivity contribution in [1.29, 1.82) is 0 Å². The van der Waals surface area contributed by atoms with Crippen molar-refractivity contribution in [2.75, 3.05) is 19.0 Å². The smallest absolute Gasteiger partial charge is 0.151 e. The quantitative estimate of drug-likeness (QED) is 0.860. The molecule has 1 aliphatic heterocycles. The van der Waals surface area contributed by atoms with Crippen LogP contribution in [0.3, 0.4) is 0 Å². The number of alkyl halides is 1. The Labute approximate surface area is 109 Å². The molecule has 0 aromatic carbocycles. The second-order valence-corrected chi connectivity index (χ2v) is 4.82. The number of nitrogen functional groups attached to an aromatic ring is 1. The van der Waals surface area contributed by atoms with Gasteiger partial charge in [0.2, 0.25) is 0 Å². The van der Waals surface area contributed by atoms with Gasteiger partial charge in [0, 0.05) is 0 Å². The van der Waals surface area contributed by atoms with Gasteiger partial charge < -0.3 is 15.6 Å². The Morgan fingerprint density at radius 3 is 3.11 bits per heavy atom. The molecule has 0 unspecified atom stereocenters. The Morgan fingerprint density at radius 1 is 1.58 bits per heavy atom. The topological polar surface area (TPSA) is 85.7 Å². The van der Waals surface area contributed by atoms with Crippen LogP contribution in [0.15, 0.2) is 18.5 Å². The average Bonchev–Trinajstić information content (AvgIpc) is 3.03. The lowest BCUT2D eigenvalue weighted by molar-refractivity contribution is -0.0877. The zero-order chi connectivity index (χ0) is 13.5. The van der Waals surface area contributed by atoms with Crippen molar-refractivity contribution >= 4 is 11.3 Å². The van der Waals surface area contributed by atoms with E-state index in [1.165, 1.54) is 6.33 Å². The lowest BCUT2D eigenvalue weighted by Gasteiger charge is -2.23. The lowest BCUT2D eigenvalue weighted by Crippen LogP contribution is -2.35. The summed E-state index contributed by atoms with van der Waals surface area (Å²) in [5, 5.41) is 13.4. The Kier molecular flexibility index (Phi) is 2.87. The Balaban J connectivity index is 1.96. The first-order valence-corrected chi connectivity index (χ1v) is 6.12. The van der Waals surface area contributed by atoms with Gasteiger partial charge in [-0.25, -0.2) is 13.9 Å². The van der Waals surface area contributed by atoms with Crippen molar-refractivity contribution in [2.45, 2.75) is 24.5 Å². The molecule has 1 fully saturated rings. The van der Waals surface area contributed by atoms with Gasteiger partial charge in [-0.1, -0.05) is 0 Å². The Morgan fingerprint density at radius 2 is 2.42 bits per heavy atom. The summed E-state index contributed by atoms with van der Waals surface area (Å²) in [6, 6.07) is 3.65. The van der Waals surface area contributed by atoms with Crippen LogP contribution in [0.4, 0.5) is 10.2 Å². The molecule has 2 aromatic rings. The first-order valence-electron chi connectivity index (χ1n) is 6.12. The van der Waals surface area contributed by atoms with Crippen LogP contribution in [-0.4, -0.2) is 38.6 Å². The summed E-state index contributed by atoms with van der Waals surface area (Å²) >= 11 is 0. The standard InChI is InChI=1S/C12H15FN4O2/c13-5-12(6-18)4-3-10(19-12)8-1-2-9-11(14)15-7-16-17(8)9/h1-2,7,10,18H,3-6H2,(H2,14,15,16)/t10-,12-/m1/s1. The van der Waals surface area contributed by atoms with Crippen LogP contribution in [0.5, 0.6) is 0 Å². The monoisotopic (exact) mass is 266 g/mol. The first-order chi connectivity index (χ1) is 9.19. The number of hydrogen-bond acceptors (Lipinski definition) is 5. The van der Waals surface area contributed by atoms with Gasteiger partial charge in [0.1, 0.15) is 30.2 Å². The van der Waals surface area contributed by atoms with Crippen LogP contribution in [0.1, 0.15) is 24.6 Å². The Bertz CT molecular complexity index is 596. The molecule has 0 spiro atoms. The molecule has 102 valence electrons. The van der Waals surface area contributed by atoms with E-state index in [0.717, 1.165) is 5.69 Å². The normalized spacial score (nSPS) is 27.2. The van der Waals surface area contributed by atoms with Gasteiger partial charge in [-0.05, 0) is 25.0 Å². The summed E-state index contributed by atoms with van der Waals surface area (Å²) in [6.45, 7) is -1.01. The predicted molar refractivity (Wildman–Crippen MR) is 66.3 cm³/mol. The number of rotatable bonds is 3. The van der Waals surface area contributed by atoms with Gasteiger partial charge in [-0.15, -0.1) is 0 Å². The van der Waals surface area contributed by atoms with Crippen molar-refractivity contribution in [3.05, 3.63) is 24.2 Å². The van der Waals surface area contributed by atoms with Crippen LogP contribution in [0.25, 0.3) is 5.52 Å². The average molecular weight is 266 g/mol. The fourth-order valence-corrected chi connectivity index (χ4v) is 2.50. The Hall–Kier alpha value is -1.73. The molecule has 3 rings (SSSR count). The molecule has 1 aliphatic rings. The summed E-state index contributed by atoms with van der Waals surface area (Å²) in [7, 11) is 0. The molecular formula is C12H15FN4O2. The number of nitrogens with zero attached hydrogens (tertiary/aromatic N) is 3. The van der Waals surface area contributed by atoms with Crippen molar-refractivity contribution in [3.63, 3.8) is 0 Å². The second-order valence-electron chi connectivity index (χ2n) is 4.82. The number of anilines is 1. The molecule has 0 radical (unpaired) electrons. The molecule has 19 heavy (non-hydrogen) atoms. The van der Waals surface area contributed by atoms with E-state index in [2.05, 4.69) is 10.1 Å². The molecule has 0 bridgehead atoms. The van der Waals surface area contributed by atoms with E-state index in [9.17, 15) is 9.50 Å². The van der Waals surface area contributed by atoms with Gasteiger partial charge in [-0.3, -0.25) is 0 Å². The van der Waals surface area contributed by atoms with Crippen LogP contribution in [-0.2, 0) is 4.74 Å². The second kappa shape index (κ2) is 4.43. The fraction of sp³-hybridized carbons (Fsp3) is 0.500. The molecule has 2 aromatic heterocycles. The molecule has 0 saturated carbocycles. The maximum atomic E-state index is 13.0. The minimum atomic E-state index is -1.08. The van der Waals surface area contributed by atoms with E-state index in [-0.39, 0.29) is 12.7 Å². The van der Waals surface area contributed by atoms with Gasteiger partial charge >= 0.3 is 0 Å². The molecule has 2 atom stereocenters. The van der Waals surface area contributed by atoms with Crippen molar-refractivity contribution in [3.8, 4) is 0 Å². The molecule has 7 heteroatoms. The highest BCUT2D eigenvalue weighted by molar-refractivity contribution is 5.65. The molecule has 3 N–H and O–H groups in total. The van der Waals surface area contributed by atoms with Crippen molar-refractivity contribution in [2.24, 2.45) is 0 Å². The summed E-state index contributed by atoms with van der Waals surface area (Å²) < 4.78 is 20.4. The predicted octanol–water partition coefficient (Wildman–Crippen LogP) is 0.864. The van der Waals surface area contributed by atoms with E-state index in [1.54, 1.807) is 4.52 Å². The summed E-state index contributed by atoms with van der Waals surface area (Å²) in [5.74, 6) is 0.387. The SMILES string of the molecule is Nc1ncnn2c([C@H]3CC[C@](CO)(CF)O3)ccc12. The highest BCUT2D eigenvalue weighted by atomic mass is 19.1. The minimum absolute atomic E-state index is 0.292. The van der Waals surface area contributed by atoms with E-state index >= 15 is 0 Å². The third kappa shape index (κ3) is 1.85. The largest absolute Gasteiger partial charge is 0.393 e. The highest BCUT2D eigenvalue weighted by Crippen LogP contribution is 2.40. The van der Waals surface area contributed by atoms with Gasteiger partial charge in [-0.2, -0.15) is 5.10 Å². The molecule has 0 amide bonds. The zero-order valence-electron chi connectivity index (χ0n) is 10.3. The zero-order valence-corrected chi connectivity index (χ0v) is 10.3. The maximum absolute atomic E-state index is 13.0. The van der Waals surface area contributed by atoms with Crippen molar-refractivity contribution < 1.29 is 14.2 Å². The third-order valence-electron chi connectivity index (χ3n) is 3.63. The minimum Gasteiger partial charge on any atom is -0.393 e. The number of aromatic nitrogens is 3. The molecular weight excluding hydrogens is 251 g/mol. The van der Waals surface area contributed by atoms with E-state index in [0.29, 0.717) is 24.2 Å². The van der Waals surface area contributed by atoms with Crippen LogP contribution in [0.2, 0.25) is 0 Å². The van der Waals surface area contributed by atoms with Crippen LogP contribution in [0, 0.1) is 0 Å². The fourth-order valence-electron chi connectivity index (χ4n) is 2.50.